The number of likely N-dealkylation sites (tertiary alicyclic amines) is 2. The van der Waals surface area contributed by atoms with Crippen molar-refractivity contribution in [3.8, 4) is 0 Å². The predicted octanol–water partition coefficient (Wildman–Crippen LogP) is 5.87. The molecule has 18 nitrogen and oxygen atoms in total. The van der Waals surface area contributed by atoms with Crippen molar-refractivity contribution in [2.24, 2.45) is 16.6 Å². The molecule has 2 aliphatic rings. The van der Waals surface area contributed by atoms with Gasteiger partial charge in [-0.1, -0.05) is 139 Å². The maximum absolute atomic E-state index is 15.0. The summed E-state index contributed by atoms with van der Waals surface area (Å²) in [6.07, 6.45) is 1.73. The lowest BCUT2D eigenvalue weighted by atomic mass is 9.85. The average Bonchev–Trinajstić information content (AvgIpc) is 3.00. The normalized spacial score (nSPS) is 18.3. The van der Waals surface area contributed by atoms with Crippen LogP contribution in [0.3, 0.4) is 0 Å². The van der Waals surface area contributed by atoms with E-state index in [9.17, 15) is 38.4 Å². The number of amides is 8. The van der Waals surface area contributed by atoms with E-state index >= 15 is 0 Å². The van der Waals surface area contributed by atoms with Gasteiger partial charge in [-0.2, -0.15) is 0 Å². The van der Waals surface area contributed by atoms with Crippen LogP contribution in [0.1, 0.15) is 121 Å². The number of nitrogens with two attached hydrogens (primary N) is 1. The molecule has 5 aromatic carbocycles. The second-order valence-electron chi connectivity index (χ2n) is 24.8. The van der Waals surface area contributed by atoms with E-state index in [2.05, 4.69) is 26.6 Å². The van der Waals surface area contributed by atoms with E-state index < -0.39 is 76.9 Å². The quantitative estimate of drug-likeness (QED) is 0.0455. The topological polar surface area (TPSA) is 236 Å². The van der Waals surface area contributed by atoms with Gasteiger partial charge < -0.3 is 51.9 Å². The fourth-order valence-electron chi connectivity index (χ4n) is 10.9. The van der Waals surface area contributed by atoms with Crippen molar-refractivity contribution in [1.29, 1.82) is 0 Å². The van der Waals surface area contributed by atoms with Gasteiger partial charge >= 0.3 is 0 Å². The van der Waals surface area contributed by atoms with Gasteiger partial charge in [0, 0.05) is 73.6 Å². The fourth-order valence-corrected chi connectivity index (χ4v) is 10.9. The fraction of sp³-hybridized carbons (Fsp3) is 0.433. The Morgan fingerprint density at radius 2 is 0.847 bits per heavy atom. The van der Waals surface area contributed by atoms with Crippen molar-refractivity contribution in [3.63, 3.8) is 0 Å². The lowest BCUT2D eigenvalue weighted by Gasteiger charge is -2.37. The summed E-state index contributed by atoms with van der Waals surface area (Å²) >= 11 is 0. The maximum atomic E-state index is 15.0. The van der Waals surface area contributed by atoms with Gasteiger partial charge in [0.15, 0.2) is 0 Å². The summed E-state index contributed by atoms with van der Waals surface area (Å²) in [5.41, 5.74) is 8.13. The molecule has 5 aromatic rings. The first-order valence-electron chi connectivity index (χ1n) is 29.5. The number of rotatable bonds is 23. The Kier molecular flexibility index (Phi) is 22.0. The minimum absolute atomic E-state index is 0.0907. The lowest BCUT2D eigenvalue weighted by molar-refractivity contribution is -0.141. The second-order valence-corrected chi connectivity index (χ2v) is 24.8. The molecule has 2 heterocycles. The predicted molar refractivity (Wildman–Crippen MR) is 329 cm³/mol. The molecule has 452 valence electrons. The molecule has 0 aromatic heterocycles. The van der Waals surface area contributed by atoms with Crippen molar-refractivity contribution < 1.29 is 38.4 Å². The molecule has 0 bridgehead atoms. The zero-order valence-corrected chi connectivity index (χ0v) is 50.7. The summed E-state index contributed by atoms with van der Waals surface area (Å²) < 4.78 is 0. The first-order valence-corrected chi connectivity index (χ1v) is 29.5. The smallest absolute Gasteiger partial charge is 0.253 e. The van der Waals surface area contributed by atoms with Crippen molar-refractivity contribution in [3.05, 3.63) is 179 Å². The Labute approximate surface area is 501 Å². The van der Waals surface area contributed by atoms with Crippen LogP contribution in [0.25, 0.3) is 0 Å². The highest BCUT2D eigenvalue weighted by Crippen LogP contribution is 2.30. The summed E-state index contributed by atoms with van der Waals surface area (Å²) in [5.74, 6) is -2.81. The first kappa shape index (κ1) is 64.3. The Hall–Kier alpha value is -8.22. The molecule has 85 heavy (non-hydrogen) atoms. The van der Waals surface area contributed by atoms with E-state index in [0.29, 0.717) is 49.9 Å². The molecule has 2 aliphatic heterocycles. The molecule has 7 rings (SSSR count). The van der Waals surface area contributed by atoms with Crippen LogP contribution in [0.15, 0.2) is 146 Å². The van der Waals surface area contributed by atoms with Crippen LogP contribution in [0.2, 0.25) is 0 Å². The molecule has 2 saturated heterocycles. The molecular weight excluding hydrogens is 1070 g/mol. The van der Waals surface area contributed by atoms with E-state index in [0.717, 1.165) is 11.1 Å². The van der Waals surface area contributed by atoms with E-state index in [4.69, 9.17) is 5.73 Å². The third kappa shape index (κ3) is 17.4. The van der Waals surface area contributed by atoms with E-state index in [1.165, 1.54) is 0 Å². The van der Waals surface area contributed by atoms with Gasteiger partial charge in [-0.3, -0.25) is 38.4 Å². The number of nitrogens with zero attached hydrogens (tertiary/aromatic N) is 4. The molecule has 2 fully saturated rings. The van der Waals surface area contributed by atoms with E-state index in [1.54, 1.807) is 101 Å². The van der Waals surface area contributed by atoms with Crippen molar-refractivity contribution in [1.82, 2.24) is 46.2 Å². The maximum Gasteiger partial charge on any atom is 0.253 e. The van der Waals surface area contributed by atoms with Crippen LogP contribution in [-0.4, -0.2) is 162 Å². The van der Waals surface area contributed by atoms with Crippen LogP contribution in [-0.2, 0) is 32.0 Å². The van der Waals surface area contributed by atoms with Gasteiger partial charge in [-0.25, -0.2) is 0 Å². The van der Waals surface area contributed by atoms with Crippen LogP contribution < -0.4 is 32.3 Å². The van der Waals surface area contributed by atoms with Gasteiger partial charge in [0.05, 0.1) is 24.2 Å². The van der Waals surface area contributed by atoms with Crippen LogP contribution in [0.4, 0.5) is 0 Å². The monoisotopic (exact) mass is 1160 g/mol. The van der Waals surface area contributed by atoms with E-state index in [-0.39, 0.29) is 66.8 Å². The third-order valence-corrected chi connectivity index (χ3v) is 16.0. The largest absolute Gasteiger partial charge is 0.347 e. The number of hydrogen-bond acceptors (Lipinski definition) is 10. The molecule has 0 spiro atoms. The van der Waals surface area contributed by atoms with Crippen LogP contribution in [0.5, 0.6) is 0 Å². The van der Waals surface area contributed by atoms with Crippen LogP contribution >= 0.6 is 0 Å². The van der Waals surface area contributed by atoms with Gasteiger partial charge in [0.25, 0.3) is 23.6 Å². The molecule has 0 saturated carbocycles. The number of benzene rings is 5. The van der Waals surface area contributed by atoms with Gasteiger partial charge in [-0.05, 0) is 117 Å². The molecule has 8 amide bonds. The highest BCUT2D eigenvalue weighted by Gasteiger charge is 2.46. The Balaban J connectivity index is 1.10. The summed E-state index contributed by atoms with van der Waals surface area (Å²) in [7, 11) is 1.67. The lowest BCUT2D eigenvalue weighted by Crippen LogP contribution is -2.59. The molecule has 0 aliphatic carbocycles. The first-order chi connectivity index (χ1) is 40.4. The number of carbonyl (C=O) groups is 8. The SMILES string of the molecule is CN[C@@H](C)C(=O)N[C@H](C(=O)N1C[C@@H](NC(=O)c2ccc(C(=O)N[C@H]3C[C@@H](CN(CCc4ccccc4)C(=O)c4ccccc4)N(C(=O)[C@@H](NC(=O)[C@H](C)N)C(C)(C)C)C3)cc2)C[C@H]1CN(CCc1ccccc1)C(=O)c1ccccc1)C(C)(C)C. The van der Waals surface area contributed by atoms with Gasteiger partial charge in [-0.15, -0.1) is 0 Å². The molecule has 7 N–H and O–H groups in total. The van der Waals surface area contributed by atoms with Crippen LogP contribution in [0, 0.1) is 10.8 Å². The standard InChI is InChI=1S/C67H86N10O8/c1-44(68)58(78)72-56(66(3,4)5)64(84)76-40-52(38-54(76)42-74(36-34-46-22-14-10-15-23-46)62(82)50-26-18-12-19-27-50)70-60(80)48-30-32-49(33-31-48)61(81)71-53-39-55(77(41-53)65(85)57(67(6,7)8)73-59(79)45(2)69-9)43-75(37-35-47-24-16-11-17-25-47)63(83)51-28-20-13-21-29-51/h10-33,44-45,52-57,69H,34-43,68H2,1-9H3,(H,70,80)(H,71,81)(H,72,78)(H,73,79)/t44-,45-,52-,53-,54-,55-,56+,57+/m0/s1. The third-order valence-electron chi connectivity index (χ3n) is 16.0. The highest BCUT2D eigenvalue weighted by atomic mass is 16.2. The van der Waals surface area contributed by atoms with Crippen molar-refractivity contribution >= 4 is 47.3 Å². The van der Waals surface area contributed by atoms with Gasteiger partial charge in [0.2, 0.25) is 23.6 Å². The minimum atomic E-state index is -0.980. The van der Waals surface area contributed by atoms with E-state index in [1.807, 2.05) is 126 Å². The Bertz CT molecular complexity index is 3080. The minimum Gasteiger partial charge on any atom is -0.347 e. The van der Waals surface area contributed by atoms with Crippen molar-refractivity contribution in [2.45, 2.75) is 129 Å². The Morgan fingerprint density at radius 3 is 1.18 bits per heavy atom. The number of carbonyl (C=O) groups excluding carboxylic acids is 8. The molecule has 18 heteroatoms. The molecule has 0 radical (unpaired) electrons. The highest BCUT2D eigenvalue weighted by molar-refractivity contribution is 5.99. The van der Waals surface area contributed by atoms with Gasteiger partial charge in [0.1, 0.15) is 12.1 Å². The molecule has 0 unspecified atom stereocenters. The van der Waals surface area contributed by atoms with Crippen molar-refractivity contribution in [2.75, 3.05) is 46.3 Å². The zero-order valence-electron chi connectivity index (χ0n) is 50.7. The number of nitrogens with one attached hydrogen (secondary N) is 5. The molecule has 8 atom stereocenters. The summed E-state index contributed by atoms with van der Waals surface area (Å²) in [5, 5.41) is 15.1. The molecular formula is C67H86N10O8. The Morgan fingerprint density at radius 1 is 0.506 bits per heavy atom. The second kappa shape index (κ2) is 29.0. The average molecular weight is 1160 g/mol. The summed E-state index contributed by atoms with van der Waals surface area (Å²) in [6, 6.07) is 38.2. The number of hydrogen-bond donors (Lipinski definition) is 6. The number of likely N-dealkylation sites (N-methyl/N-ethyl adjacent to an activating group) is 1. The summed E-state index contributed by atoms with van der Waals surface area (Å²) in [6.45, 7) is 15.7. The summed E-state index contributed by atoms with van der Waals surface area (Å²) in [4.78, 5) is 120. The zero-order chi connectivity index (χ0) is 61.6.